The number of carbonyl (C=O) groups is 2. The molecule has 0 radical (unpaired) electrons. The number of benzene rings is 4. The average Bonchev–Trinajstić information content (AvgIpc) is 3.03. The molecule has 0 heterocycles. The summed E-state index contributed by atoms with van der Waals surface area (Å²) in [6.45, 7) is 1.79. The summed E-state index contributed by atoms with van der Waals surface area (Å²) < 4.78 is 34.4. The first-order valence-electron chi connectivity index (χ1n) is 13.7. The largest absolute Gasteiger partial charge is 0.497 e. The summed E-state index contributed by atoms with van der Waals surface area (Å²) in [6, 6.07) is 32.4. The Morgan fingerprint density at radius 2 is 1.40 bits per heavy atom. The number of carbonyl (C=O) groups excluding carboxylic acids is 2. The molecule has 0 saturated carbocycles. The van der Waals surface area contributed by atoms with Crippen molar-refractivity contribution in [1.29, 1.82) is 0 Å². The standard InChI is InChI=1S/C33H35N3O5S/c1-3-34-33(38)31(22-26-14-7-4-8-15-26)35(24-27-16-9-5-10-17-27)32(37)25-36(28-18-13-19-29(23-28)41-2)42(39,40)30-20-11-6-12-21-30/h4-21,23,31H,3,22,24-25H2,1-2H3,(H,34,38). The molecule has 0 spiro atoms. The Bertz CT molecular complexity index is 1570. The topological polar surface area (TPSA) is 96.0 Å². The molecule has 0 fully saturated rings. The van der Waals surface area contributed by atoms with E-state index in [1.54, 1.807) is 42.5 Å². The summed E-state index contributed by atoms with van der Waals surface area (Å²) >= 11 is 0. The number of methoxy groups -OCH3 is 1. The number of nitrogens with zero attached hydrogens (tertiary/aromatic N) is 2. The molecular formula is C33H35N3O5S. The third kappa shape index (κ3) is 7.55. The molecule has 8 nitrogen and oxygen atoms in total. The molecule has 0 bridgehead atoms. The van der Waals surface area contributed by atoms with E-state index in [1.165, 1.54) is 24.1 Å². The molecule has 1 N–H and O–H groups in total. The molecule has 0 aromatic heterocycles. The van der Waals surface area contributed by atoms with Crippen molar-refractivity contribution in [3.8, 4) is 5.75 Å². The molecule has 1 unspecified atom stereocenters. The number of rotatable bonds is 13. The van der Waals surface area contributed by atoms with Crippen LogP contribution in [0.2, 0.25) is 0 Å². The lowest BCUT2D eigenvalue weighted by Gasteiger charge is -2.33. The number of likely N-dealkylation sites (N-methyl/N-ethyl adjacent to an activating group) is 1. The highest BCUT2D eigenvalue weighted by Gasteiger charge is 2.34. The number of amides is 2. The first-order chi connectivity index (χ1) is 20.3. The zero-order chi connectivity index (χ0) is 30.0. The van der Waals surface area contributed by atoms with E-state index in [2.05, 4.69) is 5.32 Å². The van der Waals surface area contributed by atoms with Crippen LogP contribution in [-0.2, 0) is 32.6 Å². The quantitative estimate of drug-likeness (QED) is 0.246. The maximum absolute atomic E-state index is 14.3. The monoisotopic (exact) mass is 585 g/mol. The van der Waals surface area contributed by atoms with E-state index in [4.69, 9.17) is 4.74 Å². The Kier molecular flexibility index (Phi) is 10.3. The van der Waals surface area contributed by atoms with Gasteiger partial charge in [0.05, 0.1) is 17.7 Å². The van der Waals surface area contributed by atoms with Crippen molar-refractivity contribution >= 4 is 27.5 Å². The summed E-state index contributed by atoms with van der Waals surface area (Å²) in [5, 5.41) is 2.86. The fraction of sp³-hybridized carbons (Fsp3) is 0.212. The summed E-state index contributed by atoms with van der Waals surface area (Å²) in [7, 11) is -2.68. The summed E-state index contributed by atoms with van der Waals surface area (Å²) in [6.07, 6.45) is 0.260. The third-order valence-electron chi connectivity index (χ3n) is 6.77. The SMILES string of the molecule is CCNC(=O)C(Cc1ccccc1)N(Cc1ccccc1)C(=O)CN(c1cccc(OC)c1)S(=O)(=O)c1ccccc1. The molecule has 4 aromatic carbocycles. The van der Waals surface area contributed by atoms with Crippen molar-refractivity contribution in [3.63, 3.8) is 0 Å². The molecule has 0 saturated heterocycles. The molecular weight excluding hydrogens is 550 g/mol. The van der Waals surface area contributed by atoms with Gasteiger partial charge in [0.25, 0.3) is 10.0 Å². The summed E-state index contributed by atoms with van der Waals surface area (Å²) in [5.74, 6) is -0.392. The van der Waals surface area contributed by atoms with E-state index in [1.807, 2.05) is 67.6 Å². The maximum atomic E-state index is 14.3. The van der Waals surface area contributed by atoms with E-state index in [0.29, 0.717) is 12.3 Å². The molecule has 9 heteroatoms. The van der Waals surface area contributed by atoms with Gasteiger partial charge in [-0.25, -0.2) is 8.42 Å². The number of ether oxygens (including phenoxy) is 1. The first kappa shape index (κ1) is 30.3. The molecule has 42 heavy (non-hydrogen) atoms. The lowest BCUT2D eigenvalue weighted by Crippen LogP contribution is -2.53. The fourth-order valence-corrected chi connectivity index (χ4v) is 6.07. The Hall–Kier alpha value is -4.63. The highest BCUT2D eigenvalue weighted by atomic mass is 32.2. The van der Waals surface area contributed by atoms with Crippen molar-refractivity contribution in [2.45, 2.75) is 30.8 Å². The second kappa shape index (κ2) is 14.3. The zero-order valence-electron chi connectivity index (χ0n) is 23.7. The van der Waals surface area contributed by atoms with Gasteiger partial charge in [0, 0.05) is 25.6 Å². The molecule has 1 atom stereocenters. The van der Waals surface area contributed by atoms with Crippen molar-refractivity contribution in [2.24, 2.45) is 0 Å². The number of anilines is 1. The smallest absolute Gasteiger partial charge is 0.264 e. The van der Waals surface area contributed by atoms with E-state index in [-0.39, 0.29) is 29.5 Å². The predicted molar refractivity (Wildman–Crippen MR) is 164 cm³/mol. The van der Waals surface area contributed by atoms with E-state index in [9.17, 15) is 18.0 Å². The van der Waals surface area contributed by atoms with Crippen LogP contribution in [0.15, 0.2) is 120 Å². The van der Waals surface area contributed by atoms with Crippen LogP contribution in [0.3, 0.4) is 0 Å². The zero-order valence-corrected chi connectivity index (χ0v) is 24.5. The number of hydrogen-bond acceptors (Lipinski definition) is 5. The Morgan fingerprint density at radius 1 is 0.810 bits per heavy atom. The third-order valence-corrected chi connectivity index (χ3v) is 8.56. The molecule has 0 aliphatic heterocycles. The Balaban J connectivity index is 1.79. The van der Waals surface area contributed by atoms with Crippen LogP contribution in [-0.4, -0.2) is 51.4 Å². The van der Waals surface area contributed by atoms with Gasteiger partial charge < -0.3 is 15.0 Å². The van der Waals surface area contributed by atoms with Crippen LogP contribution in [0, 0.1) is 0 Å². The van der Waals surface area contributed by atoms with Crippen LogP contribution in [0.4, 0.5) is 5.69 Å². The lowest BCUT2D eigenvalue weighted by atomic mass is 10.0. The Morgan fingerprint density at radius 3 is 2.00 bits per heavy atom. The minimum atomic E-state index is -4.17. The molecule has 0 aliphatic carbocycles. The van der Waals surface area contributed by atoms with Gasteiger partial charge >= 0.3 is 0 Å². The van der Waals surface area contributed by atoms with Gasteiger partial charge in [0.1, 0.15) is 18.3 Å². The molecule has 4 rings (SSSR count). The first-order valence-corrected chi connectivity index (χ1v) is 15.1. The van der Waals surface area contributed by atoms with E-state index >= 15 is 0 Å². The molecule has 2 amide bonds. The number of sulfonamides is 1. The summed E-state index contributed by atoms with van der Waals surface area (Å²) in [4.78, 5) is 29.3. The van der Waals surface area contributed by atoms with Crippen LogP contribution in [0.1, 0.15) is 18.1 Å². The predicted octanol–water partition coefficient (Wildman–Crippen LogP) is 4.67. The van der Waals surface area contributed by atoms with Gasteiger partial charge in [0.15, 0.2) is 0 Å². The minimum Gasteiger partial charge on any atom is -0.497 e. The lowest BCUT2D eigenvalue weighted by molar-refractivity contribution is -0.140. The van der Waals surface area contributed by atoms with Gasteiger partial charge in [-0.15, -0.1) is 0 Å². The van der Waals surface area contributed by atoms with Crippen molar-refractivity contribution < 1.29 is 22.7 Å². The van der Waals surface area contributed by atoms with Gasteiger partial charge in [-0.2, -0.15) is 0 Å². The van der Waals surface area contributed by atoms with Crippen LogP contribution in [0.25, 0.3) is 0 Å². The number of hydrogen-bond donors (Lipinski definition) is 1. The molecule has 0 aliphatic rings. The summed E-state index contributed by atoms with van der Waals surface area (Å²) in [5.41, 5.74) is 1.96. The van der Waals surface area contributed by atoms with Crippen LogP contribution < -0.4 is 14.4 Å². The van der Waals surface area contributed by atoms with Gasteiger partial charge in [-0.3, -0.25) is 13.9 Å². The second-order valence-corrected chi connectivity index (χ2v) is 11.5. The van der Waals surface area contributed by atoms with Crippen molar-refractivity contribution in [2.75, 3.05) is 24.5 Å². The molecule has 218 valence electrons. The van der Waals surface area contributed by atoms with E-state index < -0.39 is 28.5 Å². The highest BCUT2D eigenvalue weighted by molar-refractivity contribution is 7.92. The van der Waals surface area contributed by atoms with Crippen molar-refractivity contribution in [3.05, 3.63) is 126 Å². The minimum absolute atomic E-state index is 0.0415. The van der Waals surface area contributed by atoms with Gasteiger partial charge in [0.2, 0.25) is 11.8 Å². The van der Waals surface area contributed by atoms with Gasteiger partial charge in [-0.1, -0.05) is 84.9 Å². The average molecular weight is 586 g/mol. The van der Waals surface area contributed by atoms with Crippen LogP contribution >= 0.6 is 0 Å². The van der Waals surface area contributed by atoms with Crippen molar-refractivity contribution in [1.82, 2.24) is 10.2 Å². The molecule has 4 aromatic rings. The van der Waals surface area contributed by atoms with Gasteiger partial charge in [-0.05, 0) is 42.3 Å². The normalized spacial score (nSPS) is 11.8. The van der Waals surface area contributed by atoms with Crippen LogP contribution in [0.5, 0.6) is 5.75 Å². The van der Waals surface area contributed by atoms with E-state index in [0.717, 1.165) is 15.4 Å². The fourth-order valence-electron chi connectivity index (χ4n) is 4.64. The Labute approximate surface area is 247 Å². The highest BCUT2D eigenvalue weighted by Crippen LogP contribution is 2.28. The number of nitrogens with one attached hydrogen (secondary N) is 1. The maximum Gasteiger partial charge on any atom is 0.264 e. The second-order valence-electron chi connectivity index (χ2n) is 9.63.